The molecule has 6 heteroatoms. The fourth-order valence-electron chi connectivity index (χ4n) is 3.99. The summed E-state index contributed by atoms with van der Waals surface area (Å²) in [6, 6.07) is 8.62. The van der Waals surface area contributed by atoms with E-state index in [0.717, 1.165) is 44.5 Å². The first kappa shape index (κ1) is 21.7. The van der Waals surface area contributed by atoms with Crippen molar-refractivity contribution in [1.29, 1.82) is 0 Å². The molecule has 0 spiro atoms. The monoisotopic (exact) mass is 393 g/mol. The molecule has 2 amide bonds. The number of halogens is 1. The van der Waals surface area contributed by atoms with Gasteiger partial charge in [-0.2, -0.15) is 0 Å². The minimum absolute atomic E-state index is 0. The van der Waals surface area contributed by atoms with Crippen LogP contribution in [0.1, 0.15) is 37.8 Å². The third kappa shape index (κ3) is 5.94. The summed E-state index contributed by atoms with van der Waals surface area (Å²) >= 11 is 0. The number of likely N-dealkylation sites (tertiary alicyclic amines) is 1. The number of hydrogen-bond acceptors (Lipinski definition) is 3. The number of piperazine rings is 1. The zero-order valence-corrected chi connectivity index (χ0v) is 17.3. The van der Waals surface area contributed by atoms with Crippen LogP contribution in [0.2, 0.25) is 0 Å². The molecule has 2 heterocycles. The Labute approximate surface area is 168 Å². The standard InChI is InChI=1S/C21H31N3O2.ClH/c1-16(2)12-17-5-7-18(8-6-17)13-20(25)23-10-3-4-19(15-23)24-11-9-22-14-21(24)26;/h5-8,16,19,22H,3-4,9-15H2,1-2H3;1H. The van der Waals surface area contributed by atoms with Crippen LogP contribution in [0.4, 0.5) is 0 Å². The molecule has 1 N–H and O–H groups in total. The van der Waals surface area contributed by atoms with E-state index < -0.39 is 0 Å². The van der Waals surface area contributed by atoms with Crippen molar-refractivity contribution in [3.8, 4) is 0 Å². The van der Waals surface area contributed by atoms with Crippen LogP contribution in [-0.4, -0.2) is 60.4 Å². The molecule has 2 aliphatic heterocycles. The van der Waals surface area contributed by atoms with Gasteiger partial charge in [0, 0.05) is 32.2 Å². The van der Waals surface area contributed by atoms with Gasteiger partial charge in [-0.3, -0.25) is 9.59 Å². The summed E-state index contributed by atoms with van der Waals surface area (Å²) in [7, 11) is 0. The van der Waals surface area contributed by atoms with Crippen LogP contribution in [0.3, 0.4) is 0 Å². The molecule has 27 heavy (non-hydrogen) atoms. The van der Waals surface area contributed by atoms with E-state index in [0.29, 0.717) is 25.4 Å². The van der Waals surface area contributed by atoms with Gasteiger partial charge in [0.1, 0.15) is 0 Å². The number of hydrogen-bond donors (Lipinski definition) is 1. The highest BCUT2D eigenvalue weighted by atomic mass is 35.5. The first-order valence-corrected chi connectivity index (χ1v) is 9.88. The van der Waals surface area contributed by atoms with Gasteiger partial charge >= 0.3 is 0 Å². The third-order valence-electron chi connectivity index (χ3n) is 5.34. The van der Waals surface area contributed by atoms with Gasteiger partial charge < -0.3 is 15.1 Å². The van der Waals surface area contributed by atoms with Crippen LogP contribution in [0, 0.1) is 5.92 Å². The van der Waals surface area contributed by atoms with Crippen molar-refractivity contribution in [2.75, 3.05) is 32.7 Å². The first-order chi connectivity index (χ1) is 12.5. The average Bonchev–Trinajstić information content (AvgIpc) is 2.63. The lowest BCUT2D eigenvalue weighted by Crippen LogP contribution is -2.57. The second kappa shape index (κ2) is 10.1. The largest absolute Gasteiger partial charge is 0.340 e. The van der Waals surface area contributed by atoms with Gasteiger partial charge in [-0.25, -0.2) is 0 Å². The molecule has 0 bridgehead atoms. The fourth-order valence-corrected chi connectivity index (χ4v) is 3.99. The normalized spacial score (nSPS) is 20.6. The summed E-state index contributed by atoms with van der Waals surface area (Å²) < 4.78 is 0. The van der Waals surface area contributed by atoms with E-state index in [1.54, 1.807) is 0 Å². The number of nitrogens with one attached hydrogen (secondary N) is 1. The van der Waals surface area contributed by atoms with Gasteiger partial charge in [-0.05, 0) is 36.3 Å². The third-order valence-corrected chi connectivity index (χ3v) is 5.34. The van der Waals surface area contributed by atoms with Gasteiger partial charge in [-0.15, -0.1) is 12.4 Å². The molecule has 1 aromatic carbocycles. The molecule has 0 radical (unpaired) electrons. The Bertz CT molecular complexity index is 633. The van der Waals surface area contributed by atoms with Crippen molar-refractivity contribution in [2.45, 2.75) is 45.6 Å². The summed E-state index contributed by atoms with van der Waals surface area (Å²) in [5.41, 5.74) is 2.40. The SMILES string of the molecule is CC(C)Cc1ccc(CC(=O)N2CCCC(N3CCNCC3=O)C2)cc1.Cl. The van der Waals surface area contributed by atoms with Crippen LogP contribution >= 0.6 is 12.4 Å². The summed E-state index contributed by atoms with van der Waals surface area (Å²) in [4.78, 5) is 28.8. The predicted molar refractivity (Wildman–Crippen MR) is 110 cm³/mol. The lowest BCUT2D eigenvalue weighted by molar-refractivity contribution is -0.140. The van der Waals surface area contributed by atoms with E-state index >= 15 is 0 Å². The maximum atomic E-state index is 12.8. The van der Waals surface area contributed by atoms with Crippen molar-refractivity contribution in [3.05, 3.63) is 35.4 Å². The van der Waals surface area contributed by atoms with Gasteiger partial charge in [0.05, 0.1) is 13.0 Å². The van der Waals surface area contributed by atoms with Crippen LogP contribution in [0.25, 0.3) is 0 Å². The molecule has 2 fully saturated rings. The number of carbonyl (C=O) groups excluding carboxylic acids is 2. The van der Waals surface area contributed by atoms with Gasteiger partial charge in [-0.1, -0.05) is 38.1 Å². The molecule has 3 rings (SSSR count). The lowest BCUT2D eigenvalue weighted by Gasteiger charge is -2.41. The molecule has 2 aliphatic rings. The van der Waals surface area contributed by atoms with Crippen LogP contribution in [0.5, 0.6) is 0 Å². The topological polar surface area (TPSA) is 52.7 Å². The van der Waals surface area contributed by atoms with Crippen molar-refractivity contribution in [1.82, 2.24) is 15.1 Å². The van der Waals surface area contributed by atoms with Crippen molar-refractivity contribution >= 4 is 24.2 Å². The zero-order valence-electron chi connectivity index (χ0n) is 16.4. The number of carbonyl (C=O) groups is 2. The smallest absolute Gasteiger partial charge is 0.236 e. The van der Waals surface area contributed by atoms with E-state index in [4.69, 9.17) is 0 Å². The second-order valence-corrected chi connectivity index (χ2v) is 7.99. The van der Waals surface area contributed by atoms with Crippen LogP contribution in [0.15, 0.2) is 24.3 Å². The Balaban J connectivity index is 0.00000261. The van der Waals surface area contributed by atoms with Crippen LogP contribution < -0.4 is 5.32 Å². The molecular weight excluding hydrogens is 362 g/mol. The Morgan fingerprint density at radius 3 is 2.56 bits per heavy atom. The number of rotatable bonds is 5. The molecule has 5 nitrogen and oxygen atoms in total. The molecule has 0 aromatic heterocycles. The molecular formula is C21H32ClN3O2. The van der Waals surface area contributed by atoms with E-state index in [1.165, 1.54) is 5.56 Å². The number of benzene rings is 1. The Morgan fingerprint density at radius 2 is 1.89 bits per heavy atom. The predicted octanol–water partition coefficient (Wildman–Crippen LogP) is 2.27. The van der Waals surface area contributed by atoms with Crippen molar-refractivity contribution in [2.24, 2.45) is 5.92 Å². The van der Waals surface area contributed by atoms with Crippen LogP contribution in [-0.2, 0) is 22.4 Å². The molecule has 1 unspecified atom stereocenters. The lowest BCUT2D eigenvalue weighted by atomic mass is 10.00. The highest BCUT2D eigenvalue weighted by Gasteiger charge is 2.31. The number of nitrogens with zero attached hydrogens (tertiary/aromatic N) is 2. The molecule has 150 valence electrons. The first-order valence-electron chi connectivity index (χ1n) is 9.88. The summed E-state index contributed by atoms with van der Waals surface area (Å²) in [5.74, 6) is 0.977. The van der Waals surface area contributed by atoms with Gasteiger partial charge in [0.2, 0.25) is 11.8 Å². The van der Waals surface area contributed by atoms with E-state index in [9.17, 15) is 9.59 Å². The Morgan fingerprint density at radius 1 is 1.19 bits per heavy atom. The molecule has 2 saturated heterocycles. The average molecular weight is 394 g/mol. The van der Waals surface area contributed by atoms with Gasteiger partial charge in [0.25, 0.3) is 0 Å². The Kier molecular flexibility index (Phi) is 8.11. The zero-order chi connectivity index (χ0) is 18.5. The highest BCUT2D eigenvalue weighted by molar-refractivity contribution is 5.85. The van der Waals surface area contributed by atoms with Crippen molar-refractivity contribution in [3.63, 3.8) is 0 Å². The quantitative estimate of drug-likeness (QED) is 0.834. The minimum atomic E-state index is 0. The molecule has 0 aliphatic carbocycles. The summed E-state index contributed by atoms with van der Waals surface area (Å²) in [6.45, 7) is 7.94. The molecule has 1 atom stereocenters. The Hall–Kier alpha value is -1.59. The number of amides is 2. The molecule has 1 aromatic rings. The van der Waals surface area contributed by atoms with Crippen molar-refractivity contribution < 1.29 is 9.59 Å². The number of piperidine rings is 1. The van der Waals surface area contributed by atoms with E-state index in [1.807, 2.05) is 9.80 Å². The van der Waals surface area contributed by atoms with E-state index in [-0.39, 0.29) is 30.3 Å². The minimum Gasteiger partial charge on any atom is -0.340 e. The van der Waals surface area contributed by atoms with Gasteiger partial charge in [0.15, 0.2) is 0 Å². The fraction of sp³-hybridized carbons (Fsp3) is 0.619. The van der Waals surface area contributed by atoms with E-state index in [2.05, 4.69) is 43.4 Å². The maximum Gasteiger partial charge on any atom is 0.236 e. The molecule has 0 saturated carbocycles. The summed E-state index contributed by atoms with van der Waals surface area (Å²) in [6.07, 6.45) is 3.49. The highest BCUT2D eigenvalue weighted by Crippen LogP contribution is 2.18. The maximum absolute atomic E-state index is 12.8. The second-order valence-electron chi connectivity index (χ2n) is 7.99. The summed E-state index contributed by atoms with van der Waals surface area (Å²) in [5, 5.41) is 3.11.